The number of rotatable bonds is 6. The van der Waals surface area contributed by atoms with Gasteiger partial charge in [-0.3, -0.25) is 4.79 Å². The normalized spacial score (nSPS) is 11.1. The van der Waals surface area contributed by atoms with Crippen LogP contribution in [0.25, 0.3) is 11.0 Å². The minimum atomic E-state index is -0.910. The Balaban J connectivity index is 1.66. The molecule has 0 aliphatic heterocycles. The smallest absolute Gasteiger partial charge is 0.233 e. The average molecular weight is 375 g/mol. The Hall–Kier alpha value is -2.41. The zero-order chi connectivity index (χ0) is 18.7. The number of fused-ring (bicyclic) bond motifs is 1. The van der Waals surface area contributed by atoms with Gasteiger partial charge in [-0.2, -0.15) is 0 Å². The molecule has 0 unspecified atom stereocenters. The first kappa shape index (κ1) is 18.4. The third-order valence-corrected chi connectivity index (χ3v) is 5.09. The van der Waals surface area contributed by atoms with Gasteiger partial charge in [-0.25, -0.2) is 13.8 Å². The van der Waals surface area contributed by atoms with Crippen LogP contribution in [-0.2, 0) is 17.9 Å². The van der Waals surface area contributed by atoms with E-state index in [-0.39, 0.29) is 11.7 Å². The van der Waals surface area contributed by atoms with Gasteiger partial charge in [0, 0.05) is 18.5 Å². The summed E-state index contributed by atoms with van der Waals surface area (Å²) in [6.07, 6.45) is 0. The average Bonchev–Trinajstić information content (AvgIpc) is 2.99. The molecule has 2 aromatic carbocycles. The summed E-state index contributed by atoms with van der Waals surface area (Å²) in [6.45, 7) is 3.19. The molecular weight excluding hydrogens is 356 g/mol. The fourth-order valence-corrected chi connectivity index (χ4v) is 3.58. The molecule has 1 aromatic heterocycles. The molecule has 0 N–H and O–H groups in total. The number of hydrogen-bond acceptors (Lipinski definition) is 3. The van der Waals surface area contributed by atoms with Crippen molar-refractivity contribution < 1.29 is 13.6 Å². The van der Waals surface area contributed by atoms with Gasteiger partial charge in [0.1, 0.15) is 5.82 Å². The second-order valence-corrected chi connectivity index (χ2v) is 6.92. The topological polar surface area (TPSA) is 38.1 Å². The molecule has 26 heavy (non-hydrogen) atoms. The first-order valence-corrected chi connectivity index (χ1v) is 9.24. The van der Waals surface area contributed by atoms with E-state index in [1.807, 2.05) is 31.2 Å². The van der Waals surface area contributed by atoms with Crippen molar-refractivity contribution in [3.05, 3.63) is 59.9 Å². The molecular formula is C19H19F2N3OS. The number of hydrogen-bond donors (Lipinski definition) is 0. The number of amides is 1. The van der Waals surface area contributed by atoms with Gasteiger partial charge in [0.25, 0.3) is 0 Å². The highest BCUT2D eigenvalue weighted by Crippen LogP contribution is 2.21. The van der Waals surface area contributed by atoms with Crippen molar-refractivity contribution in [3.63, 3.8) is 0 Å². The summed E-state index contributed by atoms with van der Waals surface area (Å²) < 4.78 is 28.3. The largest absolute Gasteiger partial charge is 0.338 e. The molecule has 0 aliphatic carbocycles. The minimum absolute atomic E-state index is 0.102. The zero-order valence-electron chi connectivity index (χ0n) is 14.6. The van der Waals surface area contributed by atoms with Crippen LogP contribution in [0.15, 0.2) is 47.4 Å². The maximum atomic E-state index is 13.2. The Labute approximate surface area is 154 Å². The second-order valence-electron chi connectivity index (χ2n) is 5.88. The number of carbonyl (C=O) groups excluding carboxylic acids is 1. The van der Waals surface area contributed by atoms with Crippen LogP contribution in [0.1, 0.15) is 12.7 Å². The number of para-hydroxylation sites is 2. The van der Waals surface area contributed by atoms with Crippen LogP contribution in [0.4, 0.5) is 8.78 Å². The van der Waals surface area contributed by atoms with Gasteiger partial charge >= 0.3 is 0 Å². The number of aromatic nitrogens is 2. The molecule has 136 valence electrons. The second kappa shape index (κ2) is 7.86. The molecule has 7 heteroatoms. The lowest BCUT2D eigenvalue weighted by atomic mass is 10.3. The van der Waals surface area contributed by atoms with Crippen molar-refractivity contribution in [2.75, 3.05) is 12.8 Å². The van der Waals surface area contributed by atoms with E-state index in [4.69, 9.17) is 0 Å². The molecule has 3 rings (SSSR count). The Morgan fingerprint density at radius 3 is 2.69 bits per heavy atom. The molecule has 1 amide bonds. The van der Waals surface area contributed by atoms with Crippen LogP contribution in [0, 0.1) is 11.6 Å². The van der Waals surface area contributed by atoms with Gasteiger partial charge in [-0.15, -0.1) is 11.8 Å². The number of halogens is 2. The monoisotopic (exact) mass is 375 g/mol. The van der Waals surface area contributed by atoms with E-state index in [1.54, 1.807) is 11.9 Å². The van der Waals surface area contributed by atoms with E-state index in [0.29, 0.717) is 11.4 Å². The summed E-state index contributed by atoms with van der Waals surface area (Å²) in [5, 5.41) is 0. The Morgan fingerprint density at radius 2 is 1.96 bits per heavy atom. The van der Waals surface area contributed by atoms with E-state index in [2.05, 4.69) is 9.55 Å². The fraction of sp³-hybridized carbons (Fsp3) is 0.263. The van der Waals surface area contributed by atoms with E-state index in [9.17, 15) is 13.6 Å². The van der Waals surface area contributed by atoms with Crippen molar-refractivity contribution in [1.82, 2.24) is 14.5 Å². The standard InChI is InChI=1S/C19H19F2N3OS/c1-3-24-17-7-5-4-6-16(17)22-18(24)11-23(2)19(25)12-26-13-8-9-14(20)15(21)10-13/h4-10H,3,11-12H2,1-2H3. The molecule has 0 saturated carbocycles. The summed E-state index contributed by atoms with van der Waals surface area (Å²) in [6, 6.07) is 11.5. The summed E-state index contributed by atoms with van der Waals surface area (Å²) in [7, 11) is 1.72. The lowest BCUT2D eigenvalue weighted by Gasteiger charge is -2.17. The summed E-state index contributed by atoms with van der Waals surface area (Å²) in [5.41, 5.74) is 1.95. The van der Waals surface area contributed by atoms with Crippen molar-refractivity contribution in [3.8, 4) is 0 Å². The fourth-order valence-electron chi connectivity index (χ4n) is 2.72. The van der Waals surface area contributed by atoms with Crippen molar-refractivity contribution >= 4 is 28.7 Å². The van der Waals surface area contributed by atoms with Crippen LogP contribution in [0.5, 0.6) is 0 Å². The number of carbonyl (C=O) groups is 1. The number of thioether (sulfide) groups is 1. The van der Waals surface area contributed by atoms with Gasteiger partial charge in [0.2, 0.25) is 5.91 Å². The van der Waals surface area contributed by atoms with Gasteiger partial charge < -0.3 is 9.47 Å². The zero-order valence-corrected chi connectivity index (χ0v) is 15.4. The van der Waals surface area contributed by atoms with Gasteiger partial charge in [-0.1, -0.05) is 12.1 Å². The molecule has 3 aromatic rings. The molecule has 0 saturated heterocycles. The lowest BCUT2D eigenvalue weighted by Crippen LogP contribution is -2.29. The first-order valence-electron chi connectivity index (χ1n) is 8.25. The minimum Gasteiger partial charge on any atom is -0.338 e. The highest BCUT2D eigenvalue weighted by atomic mass is 32.2. The molecule has 4 nitrogen and oxygen atoms in total. The van der Waals surface area contributed by atoms with E-state index in [0.717, 1.165) is 35.5 Å². The quantitative estimate of drug-likeness (QED) is 0.609. The van der Waals surface area contributed by atoms with Gasteiger partial charge in [0.05, 0.1) is 23.3 Å². The highest BCUT2D eigenvalue weighted by molar-refractivity contribution is 8.00. The maximum Gasteiger partial charge on any atom is 0.233 e. The van der Waals surface area contributed by atoms with Crippen LogP contribution in [0.2, 0.25) is 0 Å². The van der Waals surface area contributed by atoms with Gasteiger partial charge in [-0.05, 0) is 37.3 Å². The van der Waals surface area contributed by atoms with Crippen LogP contribution < -0.4 is 0 Å². The van der Waals surface area contributed by atoms with Crippen LogP contribution in [-0.4, -0.2) is 33.2 Å². The first-order chi connectivity index (χ1) is 12.5. The van der Waals surface area contributed by atoms with Crippen molar-refractivity contribution in [2.24, 2.45) is 0 Å². The maximum absolute atomic E-state index is 13.2. The Bertz CT molecular complexity index is 942. The van der Waals surface area contributed by atoms with Crippen molar-refractivity contribution in [2.45, 2.75) is 24.9 Å². The summed E-state index contributed by atoms with van der Waals surface area (Å²) >= 11 is 1.18. The molecule has 1 heterocycles. The third kappa shape index (κ3) is 3.88. The molecule has 0 atom stereocenters. The Morgan fingerprint density at radius 1 is 1.19 bits per heavy atom. The highest BCUT2D eigenvalue weighted by Gasteiger charge is 2.15. The molecule has 0 radical (unpaired) electrons. The lowest BCUT2D eigenvalue weighted by molar-refractivity contribution is -0.127. The molecule has 0 spiro atoms. The number of nitrogens with zero attached hydrogens (tertiary/aromatic N) is 3. The molecule has 0 fully saturated rings. The summed E-state index contributed by atoms with van der Waals surface area (Å²) in [5.74, 6) is -0.936. The third-order valence-electron chi connectivity index (χ3n) is 4.11. The Kier molecular flexibility index (Phi) is 5.56. The molecule has 0 aliphatic rings. The predicted molar refractivity (Wildman–Crippen MR) is 99.0 cm³/mol. The van der Waals surface area contributed by atoms with Crippen molar-refractivity contribution in [1.29, 1.82) is 0 Å². The predicted octanol–water partition coefficient (Wildman–Crippen LogP) is 4.09. The summed E-state index contributed by atoms with van der Waals surface area (Å²) in [4.78, 5) is 19.1. The van der Waals surface area contributed by atoms with Gasteiger partial charge in [0.15, 0.2) is 11.6 Å². The van der Waals surface area contributed by atoms with E-state index >= 15 is 0 Å². The number of imidazole rings is 1. The van der Waals surface area contributed by atoms with E-state index < -0.39 is 11.6 Å². The number of aryl methyl sites for hydroxylation is 1. The van der Waals surface area contributed by atoms with Crippen LogP contribution >= 0.6 is 11.8 Å². The SMILES string of the molecule is CCn1c(CN(C)C(=O)CSc2ccc(F)c(F)c2)nc2ccccc21. The van der Waals surface area contributed by atoms with E-state index in [1.165, 1.54) is 17.8 Å². The molecule has 0 bridgehead atoms. The number of benzene rings is 2. The van der Waals surface area contributed by atoms with Crippen LogP contribution in [0.3, 0.4) is 0 Å².